The van der Waals surface area contributed by atoms with Crippen LogP contribution in [0.5, 0.6) is 0 Å². The van der Waals surface area contributed by atoms with Gasteiger partial charge in [0, 0.05) is 5.02 Å². The van der Waals surface area contributed by atoms with Crippen LogP contribution in [-0.2, 0) is 9.84 Å². The topological polar surface area (TPSA) is 57.9 Å². The quantitative estimate of drug-likeness (QED) is 0.824. The molecule has 3 nitrogen and oxygen atoms in total. The summed E-state index contributed by atoms with van der Waals surface area (Å²) in [5, 5.41) is 9.87. The molecule has 0 heterocycles. The molecule has 0 bridgehead atoms. The predicted octanol–water partition coefficient (Wildman–Crippen LogP) is 3.99. The van der Waals surface area contributed by atoms with Crippen LogP contribution in [0, 0.1) is 16.7 Å². The molecule has 3 rings (SSSR count). The largest absolute Gasteiger partial charge is 0.222 e. The monoisotopic (exact) mass is 329 g/mol. The van der Waals surface area contributed by atoms with Gasteiger partial charge in [-0.05, 0) is 49.3 Å². The summed E-state index contributed by atoms with van der Waals surface area (Å²) < 4.78 is 24.3. The number of benzene rings is 1. The molecule has 0 atom stereocenters. The minimum Gasteiger partial charge on any atom is -0.222 e. The Kier molecular flexibility index (Phi) is 3.10. The Labute approximate surface area is 128 Å². The summed E-state index contributed by atoms with van der Waals surface area (Å²) in [7, 11) is -3.79. The smallest absolute Gasteiger partial charge is 0.198 e. The van der Waals surface area contributed by atoms with Crippen LogP contribution in [0.15, 0.2) is 23.1 Å². The third kappa shape index (κ3) is 1.80. The van der Waals surface area contributed by atoms with Crippen molar-refractivity contribution in [2.75, 3.05) is 0 Å². The second-order valence-corrected chi connectivity index (χ2v) is 8.96. The molecule has 0 amide bonds. The van der Waals surface area contributed by atoms with E-state index in [9.17, 15) is 13.7 Å². The van der Waals surface area contributed by atoms with Gasteiger partial charge >= 0.3 is 0 Å². The summed E-state index contributed by atoms with van der Waals surface area (Å²) in [5.74, 6) is 0. The van der Waals surface area contributed by atoms with Crippen LogP contribution in [0.4, 0.5) is 0 Å². The first-order valence-corrected chi connectivity index (χ1v) is 8.69. The third-order valence-corrected chi connectivity index (χ3v) is 7.64. The first kappa shape index (κ1) is 14.2. The number of hydrogen-bond donors (Lipinski definition) is 0. The third-order valence-electron chi connectivity index (χ3n) is 4.64. The summed E-state index contributed by atoms with van der Waals surface area (Å²) in [4.78, 5) is -0.0256. The molecule has 20 heavy (non-hydrogen) atoms. The molecular weight excluding hydrogens is 317 g/mol. The van der Waals surface area contributed by atoms with E-state index in [0.717, 1.165) is 19.3 Å². The lowest BCUT2D eigenvalue weighted by molar-refractivity contribution is 0.0115. The Hall–Kier alpha value is -0.760. The van der Waals surface area contributed by atoms with Crippen LogP contribution in [0.3, 0.4) is 0 Å². The van der Waals surface area contributed by atoms with Crippen LogP contribution in [-0.4, -0.2) is 13.2 Å². The van der Waals surface area contributed by atoms with Crippen molar-refractivity contribution in [3.05, 3.63) is 28.2 Å². The Morgan fingerprint density at radius 3 is 2.35 bits per heavy atom. The minimum absolute atomic E-state index is 0.0256. The summed E-state index contributed by atoms with van der Waals surface area (Å²) >= 11 is 11.9. The summed E-state index contributed by atoms with van der Waals surface area (Å²) in [6.45, 7) is 0. The standard InChI is InChI=1S/C14H13Cl2NO2S/c15-10-2-3-11(16)12(6-10)20(18,19)14(9-17)7-13(8-14)4-1-5-13/h2-3,6H,1,4-5,7-8H2. The van der Waals surface area contributed by atoms with Gasteiger partial charge in [0.1, 0.15) is 0 Å². The van der Waals surface area contributed by atoms with E-state index >= 15 is 0 Å². The maximum atomic E-state index is 12.8. The average Bonchev–Trinajstić information content (AvgIpc) is 2.29. The van der Waals surface area contributed by atoms with Gasteiger partial charge in [0.05, 0.1) is 16.0 Å². The normalized spacial score (nSPS) is 22.6. The zero-order chi connectivity index (χ0) is 14.6. The molecule has 106 valence electrons. The predicted molar refractivity (Wildman–Crippen MR) is 77.5 cm³/mol. The fraction of sp³-hybridized carbons (Fsp3) is 0.500. The van der Waals surface area contributed by atoms with Crippen molar-refractivity contribution in [2.45, 2.75) is 41.7 Å². The number of hydrogen-bond acceptors (Lipinski definition) is 3. The fourth-order valence-corrected chi connectivity index (χ4v) is 6.21. The zero-order valence-corrected chi connectivity index (χ0v) is 13.0. The lowest BCUT2D eigenvalue weighted by Gasteiger charge is -2.57. The molecule has 2 fully saturated rings. The molecule has 0 aromatic heterocycles. The summed E-state index contributed by atoms with van der Waals surface area (Å²) in [6.07, 6.45) is 4.01. The highest BCUT2D eigenvalue weighted by Gasteiger charge is 2.64. The molecule has 2 aliphatic rings. The first-order chi connectivity index (χ1) is 9.34. The fourth-order valence-electron chi connectivity index (χ4n) is 3.41. The van der Waals surface area contributed by atoms with Crippen LogP contribution in [0.25, 0.3) is 0 Å². The maximum Gasteiger partial charge on any atom is 0.198 e. The molecular formula is C14H13Cl2NO2S. The van der Waals surface area contributed by atoms with Crippen LogP contribution >= 0.6 is 23.2 Å². The van der Waals surface area contributed by atoms with Gasteiger partial charge in [0.15, 0.2) is 14.6 Å². The van der Waals surface area contributed by atoms with E-state index in [2.05, 4.69) is 0 Å². The first-order valence-electron chi connectivity index (χ1n) is 6.45. The summed E-state index contributed by atoms with van der Waals surface area (Å²) in [5.41, 5.74) is 0.0772. The highest BCUT2D eigenvalue weighted by molar-refractivity contribution is 7.93. The van der Waals surface area contributed by atoms with Crippen molar-refractivity contribution in [3.63, 3.8) is 0 Å². The Bertz CT molecular complexity index is 709. The number of halogens is 2. The van der Waals surface area contributed by atoms with Crippen molar-refractivity contribution in [1.82, 2.24) is 0 Å². The maximum absolute atomic E-state index is 12.8. The highest BCUT2D eigenvalue weighted by Crippen LogP contribution is 2.63. The Morgan fingerprint density at radius 1 is 1.20 bits per heavy atom. The van der Waals surface area contributed by atoms with Crippen molar-refractivity contribution < 1.29 is 8.42 Å². The molecule has 1 spiro atoms. The second kappa shape index (κ2) is 4.37. The number of nitriles is 1. The zero-order valence-electron chi connectivity index (χ0n) is 10.7. The summed E-state index contributed by atoms with van der Waals surface area (Å²) in [6, 6.07) is 6.37. The van der Waals surface area contributed by atoms with E-state index < -0.39 is 14.6 Å². The molecule has 0 saturated heterocycles. The lowest BCUT2D eigenvalue weighted by atomic mass is 9.52. The van der Waals surface area contributed by atoms with Gasteiger partial charge in [0.25, 0.3) is 0 Å². The van der Waals surface area contributed by atoms with E-state index in [1.54, 1.807) is 0 Å². The Morgan fingerprint density at radius 2 is 1.85 bits per heavy atom. The number of sulfone groups is 1. The van der Waals surface area contributed by atoms with Crippen molar-refractivity contribution in [3.8, 4) is 6.07 Å². The highest BCUT2D eigenvalue weighted by atomic mass is 35.5. The van der Waals surface area contributed by atoms with Crippen molar-refractivity contribution >= 4 is 33.0 Å². The molecule has 1 aromatic rings. The number of nitrogens with zero attached hydrogens (tertiary/aromatic N) is 1. The van der Waals surface area contributed by atoms with E-state index in [4.69, 9.17) is 23.2 Å². The van der Waals surface area contributed by atoms with Crippen LogP contribution < -0.4 is 0 Å². The average molecular weight is 330 g/mol. The Balaban J connectivity index is 2.03. The van der Waals surface area contributed by atoms with Crippen LogP contribution in [0.2, 0.25) is 10.0 Å². The molecule has 0 aliphatic heterocycles. The molecule has 0 unspecified atom stereocenters. The van der Waals surface area contributed by atoms with Gasteiger partial charge in [-0.2, -0.15) is 5.26 Å². The van der Waals surface area contributed by atoms with E-state index in [1.807, 2.05) is 6.07 Å². The SMILES string of the molecule is N#CC1(S(=O)(=O)c2cc(Cl)ccc2Cl)CC2(CCC2)C1. The molecule has 0 N–H and O–H groups in total. The van der Waals surface area contributed by atoms with Crippen molar-refractivity contribution in [1.29, 1.82) is 5.26 Å². The molecule has 2 aliphatic carbocycles. The van der Waals surface area contributed by atoms with Crippen LogP contribution in [0.1, 0.15) is 32.1 Å². The molecule has 6 heteroatoms. The molecule has 1 aromatic carbocycles. The molecule has 2 saturated carbocycles. The molecule has 0 radical (unpaired) electrons. The van der Waals surface area contributed by atoms with E-state index in [0.29, 0.717) is 17.9 Å². The van der Waals surface area contributed by atoms with Gasteiger partial charge in [0.2, 0.25) is 0 Å². The van der Waals surface area contributed by atoms with Gasteiger partial charge < -0.3 is 0 Å². The lowest BCUT2D eigenvalue weighted by Crippen LogP contribution is -2.58. The van der Waals surface area contributed by atoms with Gasteiger partial charge in [-0.25, -0.2) is 8.42 Å². The number of rotatable bonds is 2. The van der Waals surface area contributed by atoms with Gasteiger partial charge in [-0.3, -0.25) is 0 Å². The second-order valence-electron chi connectivity index (χ2n) is 5.89. The van der Waals surface area contributed by atoms with E-state index in [-0.39, 0.29) is 15.3 Å². The van der Waals surface area contributed by atoms with Gasteiger partial charge in [-0.15, -0.1) is 0 Å². The van der Waals surface area contributed by atoms with Gasteiger partial charge in [-0.1, -0.05) is 29.6 Å². The van der Waals surface area contributed by atoms with Crippen molar-refractivity contribution in [2.24, 2.45) is 5.41 Å². The minimum atomic E-state index is -3.79. The van der Waals surface area contributed by atoms with E-state index in [1.165, 1.54) is 18.2 Å².